The number of likely N-dealkylation sites (N-methyl/N-ethyl adjacent to an activating group) is 1. The smallest absolute Gasteiger partial charge is 0.203 e. The van der Waals surface area contributed by atoms with Crippen molar-refractivity contribution in [2.75, 3.05) is 38.1 Å². The van der Waals surface area contributed by atoms with E-state index in [-0.39, 0.29) is 0 Å². The van der Waals surface area contributed by atoms with Crippen LogP contribution in [0.15, 0.2) is 6.20 Å². The topological polar surface area (TPSA) is 47.2 Å². The standard InChI is InChI=1S/C12H21N5/c1-16-4-6-17(7-5-16)12-14-9-11(15-12)8-13-10-2-3-10/h9-10,13H,2-8H2,1H3,(H,14,15). The molecule has 3 rings (SSSR count). The molecule has 1 saturated carbocycles. The summed E-state index contributed by atoms with van der Waals surface area (Å²) in [6.45, 7) is 5.30. The van der Waals surface area contributed by atoms with Gasteiger partial charge in [0, 0.05) is 38.8 Å². The molecule has 0 radical (unpaired) electrons. The number of imidazole rings is 1. The summed E-state index contributed by atoms with van der Waals surface area (Å²) in [5.41, 5.74) is 1.20. The van der Waals surface area contributed by atoms with Crippen LogP contribution in [-0.4, -0.2) is 54.1 Å². The summed E-state index contributed by atoms with van der Waals surface area (Å²) in [4.78, 5) is 12.6. The first-order chi connectivity index (χ1) is 8.31. The highest BCUT2D eigenvalue weighted by Crippen LogP contribution is 2.19. The van der Waals surface area contributed by atoms with Gasteiger partial charge in [0.05, 0.1) is 11.9 Å². The number of hydrogen-bond donors (Lipinski definition) is 2. The van der Waals surface area contributed by atoms with Gasteiger partial charge < -0.3 is 20.1 Å². The normalized spacial score (nSPS) is 22.1. The molecule has 0 spiro atoms. The van der Waals surface area contributed by atoms with Crippen LogP contribution in [0, 0.1) is 0 Å². The predicted octanol–water partition coefficient (Wildman–Crippen LogP) is 0.413. The maximum Gasteiger partial charge on any atom is 0.203 e. The molecule has 2 fully saturated rings. The number of H-pyrrole nitrogens is 1. The van der Waals surface area contributed by atoms with Crippen molar-refractivity contribution in [1.29, 1.82) is 0 Å². The van der Waals surface area contributed by atoms with Gasteiger partial charge in [-0.1, -0.05) is 0 Å². The van der Waals surface area contributed by atoms with Gasteiger partial charge >= 0.3 is 0 Å². The van der Waals surface area contributed by atoms with Crippen LogP contribution in [0.3, 0.4) is 0 Å². The van der Waals surface area contributed by atoms with E-state index < -0.39 is 0 Å². The fourth-order valence-corrected chi connectivity index (χ4v) is 2.16. The molecule has 2 N–H and O–H groups in total. The van der Waals surface area contributed by atoms with E-state index in [0.717, 1.165) is 44.7 Å². The Morgan fingerprint density at radius 2 is 2.12 bits per heavy atom. The van der Waals surface area contributed by atoms with Crippen molar-refractivity contribution in [1.82, 2.24) is 20.2 Å². The number of hydrogen-bond acceptors (Lipinski definition) is 4. The molecule has 0 atom stereocenters. The third-order valence-corrected chi connectivity index (χ3v) is 3.58. The molecule has 0 bridgehead atoms. The zero-order valence-corrected chi connectivity index (χ0v) is 10.4. The molecule has 5 heteroatoms. The quantitative estimate of drug-likeness (QED) is 0.794. The number of nitrogens with one attached hydrogen (secondary N) is 2. The molecule has 0 amide bonds. The summed E-state index contributed by atoms with van der Waals surface area (Å²) in [6, 6.07) is 0.755. The summed E-state index contributed by atoms with van der Waals surface area (Å²) in [5, 5.41) is 3.50. The first kappa shape index (κ1) is 11.0. The van der Waals surface area contributed by atoms with Crippen molar-refractivity contribution in [2.45, 2.75) is 25.4 Å². The van der Waals surface area contributed by atoms with Crippen molar-refractivity contribution in [3.05, 3.63) is 11.9 Å². The average molecular weight is 235 g/mol. The SMILES string of the molecule is CN1CCN(c2ncc(CNC3CC3)[nH]2)CC1. The third-order valence-electron chi connectivity index (χ3n) is 3.58. The summed E-state index contributed by atoms with van der Waals surface area (Å²) >= 11 is 0. The van der Waals surface area contributed by atoms with Gasteiger partial charge in [-0.2, -0.15) is 0 Å². The Hall–Kier alpha value is -1.07. The van der Waals surface area contributed by atoms with E-state index in [2.05, 4.69) is 32.1 Å². The number of aromatic amines is 1. The Bertz CT molecular complexity index is 363. The maximum atomic E-state index is 4.48. The molecular formula is C12H21N5. The molecule has 17 heavy (non-hydrogen) atoms. The monoisotopic (exact) mass is 235 g/mol. The molecule has 2 aliphatic rings. The van der Waals surface area contributed by atoms with Crippen molar-refractivity contribution >= 4 is 5.95 Å². The first-order valence-electron chi connectivity index (χ1n) is 6.52. The highest BCUT2D eigenvalue weighted by atomic mass is 15.3. The zero-order chi connectivity index (χ0) is 11.7. The predicted molar refractivity (Wildman–Crippen MR) is 68.2 cm³/mol. The van der Waals surface area contributed by atoms with E-state index in [0.29, 0.717) is 0 Å². The number of anilines is 1. The van der Waals surface area contributed by atoms with Crippen molar-refractivity contribution in [3.63, 3.8) is 0 Å². The number of nitrogens with zero attached hydrogens (tertiary/aromatic N) is 3. The van der Waals surface area contributed by atoms with E-state index >= 15 is 0 Å². The molecule has 1 aromatic heterocycles. The second-order valence-electron chi connectivity index (χ2n) is 5.18. The number of rotatable bonds is 4. The van der Waals surface area contributed by atoms with Crippen LogP contribution in [0.1, 0.15) is 18.5 Å². The highest BCUT2D eigenvalue weighted by molar-refractivity contribution is 5.32. The Morgan fingerprint density at radius 3 is 2.82 bits per heavy atom. The van der Waals surface area contributed by atoms with Crippen molar-refractivity contribution in [2.24, 2.45) is 0 Å². The lowest BCUT2D eigenvalue weighted by molar-refractivity contribution is 0.311. The maximum absolute atomic E-state index is 4.48. The zero-order valence-electron chi connectivity index (χ0n) is 10.4. The Labute approximate surface area is 102 Å². The van der Waals surface area contributed by atoms with Crippen LogP contribution in [0.25, 0.3) is 0 Å². The molecule has 0 unspecified atom stereocenters. The van der Waals surface area contributed by atoms with E-state index in [4.69, 9.17) is 0 Å². The average Bonchev–Trinajstić information content (AvgIpc) is 3.06. The highest BCUT2D eigenvalue weighted by Gasteiger charge is 2.21. The van der Waals surface area contributed by atoms with Gasteiger partial charge in [0.15, 0.2) is 0 Å². The fraction of sp³-hybridized carbons (Fsp3) is 0.750. The van der Waals surface area contributed by atoms with Gasteiger partial charge in [-0.25, -0.2) is 4.98 Å². The Balaban J connectivity index is 1.55. The van der Waals surface area contributed by atoms with Gasteiger partial charge in [0.2, 0.25) is 5.95 Å². The van der Waals surface area contributed by atoms with E-state index in [1.54, 1.807) is 0 Å². The molecule has 5 nitrogen and oxygen atoms in total. The molecule has 94 valence electrons. The van der Waals surface area contributed by atoms with Crippen LogP contribution < -0.4 is 10.2 Å². The van der Waals surface area contributed by atoms with Crippen molar-refractivity contribution < 1.29 is 0 Å². The Morgan fingerprint density at radius 1 is 1.35 bits per heavy atom. The molecule has 1 aliphatic carbocycles. The minimum Gasteiger partial charge on any atom is -0.340 e. The van der Waals surface area contributed by atoms with Gasteiger partial charge in [-0.05, 0) is 19.9 Å². The molecule has 1 aliphatic heterocycles. The first-order valence-corrected chi connectivity index (χ1v) is 6.52. The number of piperazine rings is 1. The lowest BCUT2D eigenvalue weighted by Gasteiger charge is -2.32. The molecular weight excluding hydrogens is 214 g/mol. The number of aromatic nitrogens is 2. The van der Waals surface area contributed by atoms with Crippen LogP contribution in [0.4, 0.5) is 5.95 Å². The van der Waals surface area contributed by atoms with Crippen LogP contribution in [-0.2, 0) is 6.54 Å². The third kappa shape index (κ3) is 2.79. The lowest BCUT2D eigenvalue weighted by atomic mass is 10.3. The van der Waals surface area contributed by atoms with E-state index in [9.17, 15) is 0 Å². The molecule has 1 aromatic rings. The van der Waals surface area contributed by atoms with Gasteiger partial charge in [-0.15, -0.1) is 0 Å². The van der Waals surface area contributed by atoms with E-state index in [1.165, 1.54) is 18.5 Å². The fourth-order valence-electron chi connectivity index (χ4n) is 2.16. The largest absolute Gasteiger partial charge is 0.340 e. The van der Waals surface area contributed by atoms with Crippen LogP contribution in [0.2, 0.25) is 0 Å². The second-order valence-corrected chi connectivity index (χ2v) is 5.18. The minimum absolute atomic E-state index is 0.755. The molecule has 1 saturated heterocycles. The molecule has 2 heterocycles. The lowest BCUT2D eigenvalue weighted by Crippen LogP contribution is -2.44. The summed E-state index contributed by atoms with van der Waals surface area (Å²) < 4.78 is 0. The van der Waals surface area contributed by atoms with Crippen LogP contribution in [0.5, 0.6) is 0 Å². The van der Waals surface area contributed by atoms with Gasteiger partial charge in [0.25, 0.3) is 0 Å². The van der Waals surface area contributed by atoms with Crippen molar-refractivity contribution in [3.8, 4) is 0 Å². The molecule has 0 aromatic carbocycles. The van der Waals surface area contributed by atoms with Gasteiger partial charge in [0.1, 0.15) is 0 Å². The Kier molecular flexibility index (Phi) is 3.03. The second kappa shape index (κ2) is 4.66. The summed E-state index contributed by atoms with van der Waals surface area (Å²) in [7, 11) is 2.17. The van der Waals surface area contributed by atoms with E-state index in [1.807, 2.05) is 6.20 Å². The van der Waals surface area contributed by atoms with Crippen LogP contribution >= 0.6 is 0 Å². The summed E-state index contributed by atoms with van der Waals surface area (Å²) in [5.74, 6) is 1.03. The van der Waals surface area contributed by atoms with Gasteiger partial charge in [-0.3, -0.25) is 0 Å². The summed E-state index contributed by atoms with van der Waals surface area (Å²) in [6.07, 6.45) is 4.63. The minimum atomic E-state index is 0.755.